The number of nitrogens with one attached hydrogen (secondary N) is 1. The summed E-state index contributed by atoms with van der Waals surface area (Å²) in [5.74, 6) is -1.05. The Bertz CT molecular complexity index is 175. The second kappa shape index (κ2) is 3.80. The molecule has 0 saturated carbocycles. The lowest BCUT2D eigenvalue weighted by atomic mass is 10.0. The fourth-order valence-electron chi connectivity index (χ4n) is 1.33. The van der Waals surface area contributed by atoms with Crippen LogP contribution in [0.4, 0.5) is 8.78 Å². The van der Waals surface area contributed by atoms with Crippen LogP contribution >= 0.6 is 0 Å². The van der Waals surface area contributed by atoms with E-state index < -0.39 is 18.4 Å². The maximum Gasteiger partial charge on any atom is 0.265 e. The minimum absolute atomic E-state index is 0.243. The molecule has 0 aromatic heterocycles. The second-order valence-electron chi connectivity index (χ2n) is 2.68. The van der Waals surface area contributed by atoms with Gasteiger partial charge in [-0.1, -0.05) is 0 Å². The molecule has 0 aliphatic carbocycles. The lowest BCUT2D eigenvalue weighted by Gasteiger charge is -2.15. The largest absolute Gasteiger partial charge is 0.371 e. The predicted molar refractivity (Wildman–Crippen MR) is 37.9 cm³/mol. The zero-order valence-corrected chi connectivity index (χ0v) is 6.72. The van der Waals surface area contributed by atoms with Gasteiger partial charge in [0, 0.05) is 13.7 Å². The molecule has 0 spiro atoms. The maximum atomic E-state index is 12.2. The number of ether oxygens (including phenoxy) is 1. The van der Waals surface area contributed by atoms with Gasteiger partial charge in [0.05, 0.1) is 5.92 Å². The van der Waals surface area contributed by atoms with Gasteiger partial charge in [-0.15, -0.1) is 0 Å². The summed E-state index contributed by atoms with van der Waals surface area (Å²) >= 11 is 0. The van der Waals surface area contributed by atoms with Crippen molar-refractivity contribution in [2.45, 2.75) is 19.0 Å². The van der Waals surface area contributed by atoms with Crippen LogP contribution < -0.4 is 5.32 Å². The molecule has 3 nitrogen and oxygen atoms in total. The molecule has 1 N–H and O–H groups in total. The van der Waals surface area contributed by atoms with Crippen molar-refractivity contribution >= 4 is 5.91 Å². The first-order valence-electron chi connectivity index (χ1n) is 3.78. The van der Waals surface area contributed by atoms with Crippen LogP contribution in [0.5, 0.6) is 0 Å². The summed E-state index contributed by atoms with van der Waals surface area (Å²) in [4.78, 5) is 11.0. The van der Waals surface area contributed by atoms with Gasteiger partial charge in [0.1, 0.15) is 6.10 Å². The minimum Gasteiger partial charge on any atom is -0.371 e. The molecule has 1 heterocycles. The summed E-state index contributed by atoms with van der Waals surface area (Å²) < 4.78 is 29.1. The highest BCUT2D eigenvalue weighted by Gasteiger charge is 2.39. The molecular weight excluding hydrogens is 168 g/mol. The zero-order chi connectivity index (χ0) is 9.14. The van der Waals surface area contributed by atoms with Crippen molar-refractivity contribution in [1.82, 2.24) is 5.32 Å². The van der Waals surface area contributed by atoms with Gasteiger partial charge in [-0.25, -0.2) is 8.78 Å². The number of alkyl halides is 2. The first-order chi connectivity index (χ1) is 5.66. The third kappa shape index (κ3) is 1.72. The Kier molecular flexibility index (Phi) is 2.97. The Morgan fingerprint density at radius 3 is 2.83 bits per heavy atom. The molecule has 1 aliphatic rings. The van der Waals surface area contributed by atoms with Crippen molar-refractivity contribution in [1.29, 1.82) is 0 Å². The third-order valence-electron chi connectivity index (χ3n) is 1.97. The molecule has 1 amide bonds. The van der Waals surface area contributed by atoms with Gasteiger partial charge in [-0.05, 0) is 6.42 Å². The quantitative estimate of drug-likeness (QED) is 0.666. The van der Waals surface area contributed by atoms with E-state index in [4.69, 9.17) is 4.74 Å². The van der Waals surface area contributed by atoms with Gasteiger partial charge in [0.2, 0.25) is 5.91 Å². The summed E-state index contributed by atoms with van der Waals surface area (Å²) in [7, 11) is 1.43. The van der Waals surface area contributed by atoms with Crippen molar-refractivity contribution in [3.05, 3.63) is 0 Å². The Hall–Kier alpha value is -0.710. The SMILES string of the molecule is CNC(=O)[C@@H]1CCO[C@@H]1C(F)F. The first kappa shape index (κ1) is 9.38. The van der Waals surface area contributed by atoms with Gasteiger partial charge >= 0.3 is 0 Å². The van der Waals surface area contributed by atoms with Gasteiger partial charge in [-0.3, -0.25) is 4.79 Å². The zero-order valence-electron chi connectivity index (χ0n) is 6.72. The summed E-state index contributed by atoms with van der Waals surface area (Å²) in [5.41, 5.74) is 0. The monoisotopic (exact) mass is 179 g/mol. The van der Waals surface area contributed by atoms with Crippen molar-refractivity contribution in [3.63, 3.8) is 0 Å². The summed E-state index contributed by atoms with van der Waals surface area (Å²) in [5, 5.41) is 2.34. The van der Waals surface area contributed by atoms with Crippen LogP contribution in [-0.2, 0) is 9.53 Å². The van der Waals surface area contributed by atoms with E-state index in [9.17, 15) is 13.6 Å². The molecule has 0 radical (unpaired) electrons. The van der Waals surface area contributed by atoms with E-state index in [0.29, 0.717) is 6.42 Å². The molecule has 0 aromatic carbocycles. The van der Waals surface area contributed by atoms with Crippen LogP contribution in [0, 0.1) is 5.92 Å². The van der Waals surface area contributed by atoms with E-state index >= 15 is 0 Å². The van der Waals surface area contributed by atoms with E-state index in [1.54, 1.807) is 0 Å². The van der Waals surface area contributed by atoms with Gasteiger partial charge in [0.15, 0.2) is 0 Å². The molecule has 70 valence electrons. The van der Waals surface area contributed by atoms with Gasteiger partial charge in [-0.2, -0.15) is 0 Å². The second-order valence-corrected chi connectivity index (χ2v) is 2.68. The molecule has 1 fully saturated rings. The number of halogens is 2. The van der Waals surface area contributed by atoms with Crippen LogP contribution in [0.2, 0.25) is 0 Å². The standard InChI is InChI=1S/C7H11F2NO2/c1-10-7(11)4-2-3-12-5(4)6(8)9/h4-6H,2-3H2,1H3,(H,10,11)/t4-,5+/m1/s1. The number of amides is 1. The highest BCUT2D eigenvalue weighted by atomic mass is 19.3. The minimum atomic E-state index is -2.57. The van der Waals surface area contributed by atoms with Gasteiger partial charge in [0.25, 0.3) is 6.43 Å². The van der Waals surface area contributed by atoms with Crippen LogP contribution in [-0.4, -0.2) is 32.1 Å². The summed E-state index contributed by atoms with van der Waals surface area (Å²) in [6.07, 6.45) is -3.41. The first-order valence-corrected chi connectivity index (χ1v) is 3.78. The Morgan fingerprint density at radius 1 is 1.67 bits per heavy atom. The molecule has 1 saturated heterocycles. The Labute approximate surface area is 69.1 Å². The fraction of sp³-hybridized carbons (Fsp3) is 0.857. The molecule has 0 aromatic rings. The van der Waals surface area contributed by atoms with Gasteiger partial charge < -0.3 is 10.1 Å². The fourth-order valence-corrected chi connectivity index (χ4v) is 1.33. The molecule has 5 heteroatoms. The number of carbonyl (C=O) groups is 1. The smallest absolute Gasteiger partial charge is 0.265 e. The lowest BCUT2D eigenvalue weighted by molar-refractivity contribution is -0.129. The molecule has 2 atom stereocenters. The van der Waals surface area contributed by atoms with E-state index in [-0.39, 0.29) is 12.5 Å². The van der Waals surface area contributed by atoms with E-state index in [1.807, 2.05) is 0 Å². The summed E-state index contributed by atoms with van der Waals surface area (Å²) in [6.45, 7) is 0.243. The summed E-state index contributed by atoms with van der Waals surface area (Å²) in [6, 6.07) is 0. The van der Waals surface area contributed by atoms with E-state index in [0.717, 1.165) is 0 Å². The molecule has 1 rings (SSSR count). The van der Waals surface area contributed by atoms with Crippen LogP contribution in [0.3, 0.4) is 0 Å². The molecule has 0 unspecified atom stereocenters. The number of hydrogen-bond donors (Lipinski definition) is 1. The average Bonchev–Trinajstić information content (AvgIpc) is 2.50. The van der Waals surface area contributed by atoms with Crippen molar-refractivity contribution < 1.29 is 18.3 Å². The van der Waals surface area contributed by atoms with Crippen LogP contribution in [0.25, 0.3) is 0 Å². The van der Waals surface area contributed by atoms with Crippen molar-refractivity contribution in [2.24, 2.45) is 5.92 Å². The average molecular weight is 179 g/mol. The number of rotatable bonds is 2. The highest BCUT2D eigenvalue weighted by Crippen LogP contribution is 2.25. The molecule has 0 bridgehead atoms. The lowest BCUT2D eigenvalue weighted by Crippen LogP contribution is -2.36. The maximum absolute atomic E-state index is 12.2. The van der Waals surface area contributed by atoms with E-state index in [2.05, 4.69) is 5.32 Å². The molecule has 12 heavy (non-hydrogen) atoms. The molecular formula is C7H11F2NO2. The number of carbonyl (C=O) groups excluding carboxylic acids is 1. The van der Waals surface area contributed by atoms with Crippen LogP contribution in [0.1, 0.15) is 6.42 Å². The third-order valence-corrected chi connectivity index (χ3v) is 1.97. The van der Waals surface area contributed by atoms with Crippen molar-refractivity contribution in [3.8, 4) is 0 Å². The normalized spacial score (nSPS) is 29.3. The Balaban J connectivity index is 2.57. The predicted octanol–water partition coefficient (Wildman–Crippen LogP) is 0.403. The highest BCUT2D eigenvalue weighted by molar-refractivity contribution is 5.79. The Morgan fingerprint density at radius 2 is 2.33 bits per heavy atom. The topological polar surface area (TPSA) is 38.3 Å². The van der Waals surface area contributed by atoms with E-state index in [1.165, 1.54) is 7.05 Å². The molecule has 1 aliphatic heterocycles. The van der Waals surface area contributed by atoms with Crippen LogP contribution in [0.15, 0.2) is 0 Å². The number of hydrogen-bond acceptors (Lipinski definition) is 2. The van der Waals surface area contributed by atoms with Crippen molar-refractivity contribution in [2.75, 3.05) is 13.7 Å².